The fourth-order valence-electron chi connectivity index (χ4n) is 4.00. The first-order valence-corrected chi connectivity index (χ1v) is 16.0. The van der Waals surface area contributed by atoms with Gasteiger partial charge in [0.15, 0.2) is 11.5 Å². The topological polar surface area (TPSA) is 119 Å². The molecule has 0 aliphatic rings. The number of aromatic nitrogens is 4. The Labute approximate surface area is 234 Å². The summed E-state index contributed by atoms with van der Waals surface area (Å²) in [7, 11) is -3.67. The molecule has 12 heteroatoms. The number of nitrogens with zero attached hydrogens (tertiary/aromatic N) is 4. The highest BCUT2D eigenvalue weighted by Gasteiger charge is 2.21. The number of hydrogen-bond donors (Lipinski definition) is 2. The minimum absolute atomic E-state index is 0.0987. The second-order valence-electron chi connectivity index (χ2n) is 9.50. The lowest BCUT2D eigenvalue weighted by Gasteiger charge is -2.13. The van der Waals surface area contributed by atoms with E-state index in [-0.39, 0.29) is 12.1 Å². The third-order valence-corrected chi connectivity index (χ3v) is 8.59. The van der Waals surface area contributed by atoms with Crippen LogP contribution in [0.15, 0.2) is 46.4 Å². The van der Waals surface area contributed by atoms with Crippen molar-refractivity contribution in [2.45, 2.75) is 53.0 Å². The molecule has 1 aromatic carbocycles. The number of unbranched alkanes of at least 4 members (excludes halogenated alkanes) is 1. The van der Waals surface area contributed by atoms with Gasteiger partial charge in [-0.1, -0.05) is 33.6 Å². The quantitative estimate of drug-likeness (QED) is 0.125. The maximum Gasteiger partial charge on any atom is 0.376 e. The van der Waals surface area contributed by atoms with Gasteiger partial charge in [-0.3, -0.25) is 4.79 Å². The Bertz CT molecular complexity index is 1440. The van der Waals surface area contributed by atoms with Crippen molar-refractivity contribution in [3.63, 3.8) is 0 Å². The molecule has 0 radical (unpaired) electrons. The van der Waals surface area contributed by atoms with Crippen molar-refractivity contribution in [1.82, 2.24) is 19.1 Å². The molecule has 0 aliphatic carbocycles. The number of nitrogens with one attached hydrogen (secondary N) is 1. The molecule has 0 saturated carbocycles. The molecule has 4 rings (SSSR count). The first kappa shape index (κ1) is 28.4. The normalized spacial score (nSPS) is 13.1. The van der Waals surface area contributed by atoms with Crippen LogP contribution in [0.25, 0.3) is 22.3 Å². The van der Waals surface area contributed by atoms with Crippen LogP contribution < -0.4 is 9.84 Å². The lowest BCUT2D eigenvalue weighted by atomic mass is 10.1. The largest absolute Gasteiger partial charge is 0.424 e. The standard InChI is InChI=1S/C26H31BrN5O4PS/c1-4-13-37(34,35)36-20-10-8-18(9-11-20)23-22(27)14-21-24(30-26(33)19-15-28-38-16-19)31-32(25(21)29-23)12-6-5-7-17(2)3/h8-11,14-17H,4-7,12-13H2,1-3H3,(H,34,35)(H,30,31,33). The van der Waals surface area contributed by atoms with E-state index in [0.717, 1.165) is 34.7 Å². The zero-order valence-corrected chi connectivity index (χ0v) is 24.9. The van der Waals surface area contributed by atoms with Gasteiger partial charge < -0.3 is 14.7 Å². The average Bonchev–Trinajstić information content (AvgIpc) is 3.50. The van der Waals surface area contributed by atoms with Gasteiger partial charge in [-0.25, -0.2) is 18.6 Å². The minimum atomic E-state index is -3.67. The Morgan fingerprint density at radius 3 is 2.68 bits per heavy atom. The fourth-order valence-corrected chi connectivity index (χ4v) is 6.17. The van der Waals surface area contributed by atoms with Gasteiger partial charge in [0.25, 0.3) is 5.91 Å². The second kappa shape index (κ2) is 12.5. The van der Waals surface area contributed by atoms with Crippen molar-refractivity contribution >= 4 is 57.8 Å². The first-order valence-electron chi connectivity index (χ1n) is 12.6. The highest BCUT2D eigenvalue weighted by molar-refractivity contribution is 9.10. The van der Waals surface area contributed by atoms with Crippen LogP contribution in [0.3, 0.4) is 0 Å². The van der Waals surface area contributed by atoms with Crippen molar-refractivity contribution in [2.24, 2.45) is 5.92 Å². The van der Waals surface area contributed by atoms with E-state index in [9.17, 15) is 14.3 Å². The molecule has 0 aliphatic heterocycles. The zero-order valence-electron chi connectivity index (χ0n) is 21.6. The lowest BCUT2D eigenvalue weighted by molar-refractivity contribution is 0.102. The molecule has 9 nitrogen and oxygen atoms in total. The summed E-state index contributed by atoms with van der Waals surface area (Å²) in [5.41, 5.74) is 2.63. The molecule has 1 unspecified atom stereocenters. The van der Waals surface area contributed by atoms with Crippen molar-refractivity contribution in [1.29, 1.82) is 0 Å². The molecule has 3 heterocycles. The molecular formula is C26H31BrN5O4PS. The van der Waals surface area contributed by atoms with Gasteiger partial charge in [0.05, 0.1) is 29.0 Å². The summed E-state index contributed by atoms with van der Waals surface area (Å²) in [5.74, 6) is 1.13. The summed E-state index contributed by atoms with van der Waals surface area (Å²) in [6, 6.07) is 8.84. The van der Waals surface area contributed by atoms with Crippen molar-refractivity contribution in [2.75, 3.05) is 11.5 Å². The van der Waals surface area contributed by atoms with E-state index in [1.807, 2.05) is 17.7 Å². The minimum Gasteiger partial charge on any atom is -0.424 e. The number of hydrogen-bond acceptors (Lipinski definition) is 7. The number of fused-ring (bicyclic) bond motifs is 1. The van der Waals surface area contributed by atoms with Crippen molar-refractivity contribution < 1.29 is 18.8 Å². The molecule has 1 amide bonds. The van der Waals surface area contributed by atoms with E-state index in [2.05, 4.69) is 39.5 Å². The Morgan fingerprint density at radius 1 is 1.26 bits per heavy atom. The number of carbonyl (C=O) groups is 1. The summed E-state index contributed by atoms with van der Waals surface area (Å²) in [5, 5.41) is 10.0. The van der Waals surface area contributed by atoms with Gasteiger partial charge in [0.2, 0.25) is 0 Å². The van der Waals surface area contributed by atoms with Gasteiger partial charge >= 0.3 is 7.60 Å². The summed E-state index contributed by atoms with van der Waals surface area (Å²) in [6.45, 7) is 6.92. The third-order valence-electron chi connectivity index (χ3n) is 5.89. The van der Waals surface area contributed by atoms with Crippen LogP contribution in [0.4, 0.5) is 5.82 Å². The van der Waals surface area contributed by atoms with Crippen LogP contribution in [0.5, 0.6) is 5.75 Å². The number of halogens is 1. The Balaban J connectivity index is 1.66. The van der Waals surface area contributed by atoms with E-state index in [1.165, 1.54) is 17.7 Å². The van der Waals surface area contributed by atoms with E-state index < -0.39 is 7.60 Å². The molecule has 3 aromatic heterocycles. The van der Waals surface area contributed by atoms with Crippen LogP contribution in [0.1, 0.15) is 56.8 Å². The van der Waals surface area contributed by atoms with Crippen LogP contribution in [0.2, 0.25) is 0 Å². The highest BCUT2D eigenvalue weighted by Crippen LogP contribution is 2.43. The molecule has 0 fully saturated rings. The summed E-state index contributed by atoms with van der Waals surface area (Å²) in [6.07, 6.45) is 5.32. The Kier molecular flexibility index (Phi) is 9.36. The number of pyridine rings is 1. The van der Waals surface area contributed by atoms with Crippen LogP contribution in [-0.4, -0.2) is 36.1 Å². The zero-order chi connectivity index (χ0) is 27.3. The average molecular weight is 621 g/mol. The smallest absolute Gasteiger partial charge is 0.376 e. The Hall–Kier alpha value is -2.59. The summed E-state index contributed by atoms with van der Waals surface area (Å²) >= 11 is 4.85. The van der Waals surface area contributed by atoms with Gasteiger partial charge in [0, 0.05) is 22.0 Å². The van der Waals surface area contributed by atoms with Crippen LogP contribution in [-0.2, 0) is 11.1 Å². The first-order chi connectivity index (χ1) is 18.2. The molecule has 4 aromatic rings. The van der Waals surface area contributed by atoms with Crippen molar-refractivity contribution in [3.8, 4) is 17.0 Å². The number of rotatable bonds is 12. The molecule has 2 N–H and O–H groups in total. The monoisotopic (exact) mass is 619 g/mol. The van der Waals surface area contributed by atoms with Crippen molar-refractivity contribution in [3.05, 3.63) is 51.9 Å². The Morgan fingerprint density at radius 2 is 2.03 bits per heavy atom. The SMILES string of the molecule is CCCP(=O)(O)Oc1ccc(-c2nc3c(cc2Br)c(NC(=O)c2cnsc2)nn3CCCCC(C)C)cc1. The van der Waals surface area contributed by atoms with E-state index in [4.69, 9.17) is 14.6 Å². The van der Waals surface area contributed by atoms with Gasteiger partial charge in [-0.15, -0.1) is 0 Å². The molecule has 0 spiro atoms. The molecule has 0 bridgehead atoms. The fraction of sp³-hybridized carbons (Fsp3) is 0.385. The predicted octanol–water partition coefficient (Wildman–Crippen LogP) is 7.37. The highest BCUT2D eigenvalue weighted by atomic mass is 79.9. The molecule has 38 heavy (non-hydrogen) atoms. The number of amides is 1. The molecule has 1 atom stereocenters. The van der Waals surface area contributed by atoms with Crippen LogP contribution in [0, 0.1) is 5.92 Å². The number of carbonyl (C=O) groups excluding carboxylic acids is 1. The molecular weight excluding hydrogens is 589 g/mol. The number of benzene rings is 1. The molecule has 0 saturated heterocycles. The molecule has 202 valence electrons. The van der Waals surface area contributed by atoms with Gasteiger partial charge in [-0.2, -0.15) is 5.10 Å². The van der Waals surface area contributed by atoms with Gasteiger partial charge in [0.1, 0.15) is 5.75 Å². The number of anilines is 1. The lowest BCUT2D eigenvalue weighted by Crippen LogP contribution is -2.12. The maximum absolute atomic E-state index is 12.7. The summed E-state index contributed by atoms with van der Waals surface area (Å²) < 4.78 is 24.0. The van der Waals surface area contributed by atoms with Crippen LogP contribution >= 0.6 is 35.1 Å². The van der Waals surface area contributed by atoms with E-state index in [1.54, 1.807) is 29.6 Å². The summed E-state index contributed by atoms with van der Waals surface area (Å²) in [4.78, 5) is 27.6. The van der Waals surface area contributed by atoms with E-state index >= 15 is 0 Å². The maximum atomic E-state index is 12.7. The van der Waals surface area contributed by atoms with Gasteiger partial charge in [-0.05, 0) is 76.6 Å². The predicted molar refractivity (Wildman–Crippen MR) is 155 cm³/mol. The number of aryl methyl sites for hydroxylation is 1. The van der Waals surface area contributed by atoms with E-state index in [0.29, 0.717) is 47.4 Å². The second-order valence-corrected chi connectivity index (χ2v) is 12.9. The third kappa shape index (κ3) is 7.08.